The van der Waals surface area contributed by atoms with E-state index < -0.39 is 0 Å². The number of benzene rings is 1. The summed E-state index contributed by atoms with van der Waals surface area (Å²) < 4.78 is 12.6. The van der Waals surface area contributed by atoms with Crippen molar-refractivity contribution >= 4 is 11.0 Å². The molecule has 1 aromatic carbocycles. The van der Waals surface area contributed by atoms with Crippen molar-refractivity contribution in [3.63, 3.8) is 0 Å². The predicted octanol–water partition coefficient (Wildman–Crippen LogP) is 0.895. The second kappa shape index (κ2) is 5.90. The molecule has 0 radical (unpaired) electrons. The lowest BCUT2D eigenvalue weighted by Crippen LogP contribution is -2.09. The number of imidazole rings is 1. The van der Waals surface area contributed by atoms with Crippen LogP contribution in [0.2, 0.25) is 0 Å². The van der Waals surface area contributed by atoms with Crippen LogP contribution < -0.4 is 15.2 Å². The van der Waals surface area contributed by atoms with Gasteiger partial charge in [0.1, 0.15) is 5.82 Å². The van der Waals surface area contributed by atoms with Crippen LogP contribution in [0.25, 0.3) is 11.0 Å². The number of fused-ring (bicyclic) bond motifs is 1. The molecule has 1 heterocycles. The molecule has 1 aromatic heterocycles. The van der Waals surface area contributed by atoms with Crippen molar-refractivity contribution in [3.8, 4) is 11.5 Å². The Morgan fingerprint density at radius 1 is 1.26 bits per heavy atom. The van der Waals surface area contributed by atoms with Crippen LogP contribution in [-0.2, 0) is 13.1 Å². The normalized spacial score (nSPS) is 10.9. The van der Waals surface area contributed by atoms with Crippen molar-refractivity contribution in [3.05, 3.63) is 18.0 Å². The zero-order valence-corrected chi connectivity index (χ0v) is 11.2. The summed E-state index contributed by atoms with van der Waals surface area (Å²) in [5.74, 6) is 2.09. The number of aliphatic hydroxyl groups is 1. The van der Waals surface area contributed by atoms with E-state index in [0.29, 0.717) is 31.0 Å². The van der Waals surface area contributed by atoms with E-state index in [4.69, 9.17) is 20.3 Å². The molecule has 0 aliphatic rings. The average molecular weight is 265 g/mol. The summed E-state index contributed by atoms with van der Waals surface area (Å²) in [7, 11) is 3.19. The fourth-order valence-corrected chi connectivity index (χ4v) is 2.14. The molecule has 0 spiro atoms. The molecule has 0 aliphatic heterocycles. The Bertz CT molecular complexity index is 566. The average Bonchev–Trinajstić information content (AvgIpc) is 2.80. The first-order valence-electron chi connectivity index (χ1n) is 6.17. The molecular formula is C13H19N3O3. The summed E-state index contributed by atoms with van der Waals surface area (Å²) in [5, 5.41) is 8.97. The monoisotopic (exact) mass is 265 g/mol. The summed E-state index contributed by atoms with van der Waals surface area (Å²) >= 11 is 0. The first-order valence-corrected chi connectivity index (χ1v) is 6.17. The van der Waals surface area contributed by atoms with Gasteiger partial charge in [-0.2, -0.15) is 0 Å². The molecule has 6 heteroatoms. The van der Waals surface area contributed by atoms with Crippen LogP contribution in [-0.4, -0.2) is 35.5 Å². The molecule has 104 valence electrons. The predicted molar refractivity (Wildman–Crippen MR) is 72.4 cm³/mol. The van der Waals surface area contributed by atoms with E-state index in [1.54, 1.807) is 14.2 Å². The molecule has 0 bridgehead atoms. The van der Waals surface area contributed by atoms with Crippen molar-refractivity contribution < 1.29 is 14.6 Å². The van der Waals surface area contributed by atoms with Gasteiger partial charge in [0.15, 0.2) is 11.5 Å². The second-order valence-electron chi connectivity index (χ2n) is 4.16. The van der Waals surface area contributed by atoms with E-state index >= 15 is 0 Å². The molecule has 0 amide bonds. The molecule has 2 rings (SSSR count). The van der Waals surface area contributed by atoms with Gasteiger partial charge >= 0.3 is 0 Å². The van der Waals surface area contributed by atoms with Gasteiger partial charge in [-0.3, -0.25) is 0 Å². The molecule has 2 aromatic rings. The van der Waals surface area contributed by atoms with Gasteiger partial charge < -0.3 is 24.9 Å². The lowest BCUT2D eigenvalue weighted by molar-refractivity contribution is 0.280. The van der Waals surface area contributed by atoms with Gasteiger partial charge in [-0.1, -0.05) is 0 Å². The number of nitrogens with two attached hydrogens (primary N) is 1. The van der Waals surface area contributed by atoms with Crippen molar-refractivity contribution in [2.24, 2.45) is 5.73 Å². The van der Waals surface area contributed by atoms with Gasteiger partial charge in [-0.15, -0.1) is 0 Å². The number of ether oxygens (including phenoxy) is 2. The Labute approximate surface area is 111 Å². The molecule has 3 N–H and O–H groups in total. The largest absolute Gasteiger partial charge is 0.493 e. The van der Waals surface area contributed by atoms with Gasteiger partial charge in [0.2, 0.25) is 0 Å². The lowest BCUT2D eigenvalue weighted by Gasteiger charge is -2.09. The second-order valence-corrected chi connectivity index (χ2v) is 4.16. The number of aromatic nitrogens is 2. The van der Waals surface area contributed by atoms with Crippen LogP contribution in [0.3, 0.4) is 0 Å². The highest BCUT2D eigenvalue weighted by molar-refractivity contribution is 5.80. The molecule has 0 aliphatic carbocycles. The van der Waals surface area contributed by atoms with Crippen molar-refractivity contribution in [1.29, 1.82) is 0 Å². The van der Waals surface area contributed by atoms with Crippen LogP contribution >= 0.6 is 0 Å². The highest BCUT2D eigenvalue weighted by atomic mass is 16.5. The number of hydrogen-bond acceptors (Lipinski definition) is 5. The zero-order valence-electron chi connectivity index (χ0n) is 11.2. The summed E-state index contributed by atoms with van der Waals surface area (Å²) in [6, 6.07) is 3.72. The van der Waals surface area contributed by atoms with Gasteiger partial charge in [-0.25, -0.2) is 4.98 Å². The molecule has 0 unspecified atom stereocenters. The van der Waals surface area contributed by atoms with E-state index in [1.807, 2.05) is 16.7 Å². The van der Waals surface area contributed by atoms with Crippen LogP contribution in [0, 0.1) is 0 Å². The number of hydrogen-bond donors (Lipinski definition) is 2. The Kier molecular flexibility index (Phi) is 4.24. The Morgan fingerprint density at radius 3 is 2.53 bits per heavy atom. The number of aliphatic hydroxyl groups excluding tert-OH is 1. The third-order valence-corrected chi connectivity index (χ3v) is 3.06. The van der Waals surface area contributed by atoms with Gasteiger partial charge in [0, 0.05) is 25.3 Å². The number of rotatable bonds is 6. The molecule has 19 heavy (non-hydrogen) atoms. The number of methoxy groups -OCH3 is 2. The van der Waals surface area contributed by atoms with Gasteiger partial charge in [0.25, 0.3) is 0 Å². The van der Waals surface area contributed by atoms with Crippen LogP contribution in [0.1, 0.15) is 12.2 Å². The summed E-state index contributed by atoms with van der Waals surface area (Å²) in [6.07, 6.45) is 0.660. The van der Waals surface area contributed by atoms with Crippen molar-refractivity contribution in [2.45, 2.75) is 19.5 Å². The summed E-state index contributed by atoms with van der Waals surface area (Å²) in [4.78, 5) is 4.49. The lowest BCUT2D eigenvalue weighted by atomic mass is 10.2. The van der Waals surface area contributed by atoms with Crippen LogP contribution in [0.15, 0.2) is 12.1 Å². The molecular weight excluding hydrogens is 246 g/mol. The Balaban J connectivity index is 2.57. The van der Waals surface area contributed by atoms with Crippen LogP contribution in [0.5, 0.6) is 11.5 Å². The first kappa shape index (κ1) is 13.6. The molecule has 0 saturated heterocycles. The zero-order chi connectivity index (χ0) is 13.8. The number of nitrogens with zero attached hydrogens (tertiary/aromatic N) is 2. The van der Waals surface area contributed by atoms with Crippen molar-refractivity contribution in [2.75, 3.05) is 20.8 Å². The number of aryl methyl sites for hydroxylation is 1. The maximum atomic E-state index is 8.97. The molecule has 6 nitrogen and oxygen atoms in total. The molecule has 0 saturated carbocycles. The summed E-state index contributed by atoms with van der Waals surface area (Å²) in [6.45, 7) is 1.16. The fraction of sp³-hybridized carbons (Fsp3) is 0.462. The minimum absolute atomic E-state index is 0.136. The smallest absolute Gasteiger partial charge is 0.163 e. The quantitative estimate of drug-likeness (QED) is 0.810. The highest BCUT2D eigenvalue weighted by Gasteiger charge is 2.14. The van der Waals surface area contributed by atoms with E-state index in [-0.39, 0.29) is 6.61 Å². The molecule has 0 atom stereocenters. The maximum absolute atomic E-state index is 8.97. The van der Waals surface area contributed by atoms with Gasteiger partial charge in [-0.05, 0) is 6.42 Å². The van der Waals surface area contributed by atoms with E-state index in [0.717, 1.165) is 16.9 Å². The Hall–Kier alpha value is -1.79. The topological polar surface area (TPSA) is 82.5 Å². The standard InChI is InChI=1S/C13H19N3O3/c1-18-11-6-9-10(7-12(11)19-2)16(4-3-5-17)13(8-14)15-9/h6-7,17H,3-5,8,14H2,1-2H3. The fourth-order valence-electron chi connectivity index (χ4n) is 2.14. The van der Waals surface area contributed by atoms with E-state index in [1.165, 1.54) is 0 Å². The van der Waals surface area contributed by atoms with E-state index in [2.05, 4.69) is 4.98 Å². The summed E-state index contributed by atoms with van der Waals surface area (Å²) in [5.41, 5.74) is 7.47. The highest BCUT2D eigenvalue weighted by Crippen LogP contribution is 2.32. The maximum Gasteiger partial charge on any atom is 0.163 e. The third-order valence-electron chi connectivity index (χ3n) is 3.06. The van der Waals surface area contributed by atoms with Crippen LogP contribution in [0.4, 0.5) is 0 Å². The third kappa shape index (κ3) is 2.50. The van der Waals surface area contributed by atoms with Gasteiger partial charge in [0.05, 0.1) is 31.8 Å². The SMILES string of the molecule is COc1cc2nc(CN)n(CCCO)c2cc1OC. The van der Waals surface area contributed by atoms with Crippen molar-refractivity contribution in [1.82, 2.24) is 9.55 Å². The minimum Gasteiger partial charge on any atom is -0.493 e. The minimum atomic E-state index is 0.136. The molecule has 0 fully saturated rings. The van der Waals surface area contributed by atoms with E-state index in [9.17, 15) is 0 Å². The Morgan fingerprint density at radius 2 is 1.95 bits per heavy atom. The first-order chi connectivity index (χ1) is 9.24.